The van der Waals surface area contributed by atoms with Gasteiger partial charge >= 0.3 is 5.97 Å². The van der Waals surface area contributed by atoms with Gasteiger partial charge in [0.05, 0.1) is 24.5 Å². The second-order valence-corrected chi connectivity index (χ2v) is 7.26. The number of carbonyl (C=O) groups excluding carboxylic acids is 1. The first-order chi connectivity index (χ1) is 11.2. The third-order valence-electron chi connectivity index (χ3n) is 2.73. The molecule has 120 valence electrons. The van der Waals surface area contributed by atoms with E-state index in [9.17, 15) is 4.79 Å². The Bertz CT molecular complexity index is 767. The van der Waals surface area contributed by atoms with E-state index < -0.39 is 0 Å². The van der Waals surface area contributed by atoms with E-state index >= 15 is 0 Å². The maximum Gasteiger partial charge on any atom is 0.311 e. The van der Waals surface area contributed by atoms with Crippen LogP contribution in [0.3, 0.4) is 0 Å². The number of carbonyl (C=O) groups is 1. The highest BCUT2D eigenvalue weighted by atomic mass is 32.2. The lowest BCUT2D eigenvalue weighted by Crippen LogP contribution is -2.07. The summed E-state index contributed by atoms with van der Waals surface area (Å²) in [6.07, 6.45) is 0.202. The van der Waals surface area contributed by atoms with E-state index in [0.717, 1.165) is 15.6 Å². The Morgan fingerprint density at radius 3 is 3.09 bits per heavy atom. The predicted octanol–water partition coefficient (Wildman–Crippen LogP) is 3.65. The first-order valence-corrected chi connectivity index (χ1v) is 9.63. The molecule has 0 bridgehead atoms. The molecule has 0 unspecified atom stereocenters. The molecule has 3 aromatic heterocycles. The molecule has 3 aromatic rings. The van der Waals surface area contributed by atoms with Crippen molar-refractivity contribution in [2.75, 3.05) is 6.61 Å². The molecule has 0 fully saturated rings. The normalized spacial score (nSPS) is 10.8. The summed E-state index contributed by atoms with van der Waals surface area (Å²) in [5.41, 5.74) is 1.68. The molecule has 9 heteroatoms. The minimum atomic E-state index is -0.258. The SMILES string of the molecule is CCOC(=O)Cc1csc(SCc2nc(-c3ccsc3)no2)n1. The Hall–Kier alpha value is -1.71. The average Bonchev–Trinajstić information content (AvgIpc) is 3.27. The van der Waals surface area contributed by atoms with Crippen molar-refractivity contribution in [3.63, 3.8) is 0 Å². The van der Waals surface area contributed by atoms with Crippen LogP contribution in [0.15, 0.2) is 31.1 Å². The number of thiazole rings is 1. The molecular formula is C14H13N3O3S3. The van der Waals surface area contributed by atoms with Crippen LogP contribution >= 0.6 is 34.4 Å². The van der Waals surface area contributed by atoms with Gasteiger partial charge in [-0.25, -0.2) is 4.98 Å². The molecule has 0 amide bonds. The van der Waals surface area contributed by atoms with E-state index in [1.54, 1.807) is 18.3 Å². The van der Waals surface area contributed by atoms with Gasteiger partial charge in [-0.05, 0) is 18.4 Å². The van der Waals surface area contributed by atoms with E-state index in [2.05, 4.69) is 15.1 Å². The second kappa shape index (κ2) is 7.71. The molecule has 0 saturated heterocycles. The van der Waals surface area contributed by atoms with Gasteiger partial charge in [0.2, 0.25) is 11.7 Å². The summed E-state index contributed by atoms with van der Waals surface area (Å²) in [6, 6.07) is 1.95. The van der Waals surface area contributed by atoms with Gasteiger partial charge in [0.25, 0.3) is 0 Å². The van der Waals surface area contributed by atoms with Crippen LogP contribution in [0.5, 0.6) is 0 Å². The number of rotatable bonds is 7. The van der Waals surface area contributed by atoms with Gasteiger partial charge in [-0.2, -0.15) is 16.3 Å². The van der Waals surface area contributed by atoms with E-state index in [1.807, 2.05) is 22.2 Å². The number of thioether (sulfide) groups is 1. The van der Waals surface area contributed by atoms with Crippen LogP contribution in [0, 0.1) is 0 Å². The summed E-state index contributed by atoms with van der Waals surface area (Å²) in [4.78, 5) is 20.2. The fraction of sp³-hybridized carbons (Fsp3) is 0.286. The smallest absolute Gasteiger partial charge is 0.311 e. The third-order valence-corrected chi connectivity index (χ3v) is 5.47. The van der Waals surface area contributed by atoms with Gasteiger partial charge < -0.3 is 9.26 Å². The quantitative estimate of drug-likeness (QED) is 0.466. The first kappa shape index (κ1) is 16.2. The highest BCUT2D eigenvalue weighted by Crippen LogP contribution is 2.27. The van der Waals surface area contributed by atoms with Crippen molar-refractivity contribution in [1.29, 1.82) is 0 Å². The Kier molecular flexibility index (Phi) is 5.42. The lowest BCUT2D eigenvalue weighted by atomic mass is 10.3. The van der Waals surface area contributed by atoms with Gasteiger partial charge in [-0.3, -0.25) is 4.79 Å². The van der Waals surface area contributed by atoms with E-state index in [-0.39, 0.29) is 12.4 Å². The summed E-state index contributed by atoms with van der Waals surface area (Å²) in [5, 5.41) is 9.78. The third kappa shape index (κ3) is 4.40. The van der Waals surface area contributed by atoms with Crippen LogP contribution in [-0.4, -0.2) is 27.7 Å². The van der Waals surface area contributed by atoms with E-state index in [0.29, 0.717) is 24.1 Å². The standard InChI is InChI=1S/C14H13N3O3S3/c1-2-19-12(18)5-10-7-22-14(15-10)23-8-11-16-13(17-20-11)9-3-4-21-6-9/h3-4,6-7H,2,5,8H2,1H3. The molecule has 0 radical (unpaired) electrons. The van der Waals surface area contributed by atoms with Crippen LogP contribution in [0.1, 0.15) is 18.5 Å². The number of ether oxygens (including phenoxy) is 1. The van der Waals surface area contributed by atoms with Crippen molar-refractivity contribution in [1.82, 2.24) is 15.1 Å². The molecule has 0 N–H and O–H groups in total. The number of aromatic nitrogens is 3. The van der Waals surface area contributed by atoms with Crippen LogP contribution in [0.4, 0.5) is 0 Å². The highest BCUT2D eigenvalue weighted by molar-refractivity contribution is 8.00. The Balaban J connectivity index is 1.54. The van der Waals surface area contributed by atoms with Crippen molar-refractivity contribution < 1.29 is 14.1 Å². The number of hydrogen-bond acceptors (Lipinski definition) is 9. The molecule has 6 nitrogen and oxygen atoms in total. The van der Waals surface area contributed by atoms with Crippen LogP contribution in [0.2, 0.25) is 0 Å². The summed E-state index contributed by atoms with van der Waals surface area (Å²) in [6.45, 7) is 2.17. The number of thiophene rings is 1. The average molecular weight is 367 g/mol. The minimum Gasteiger partial charge on any atom is -0.466 e. The number of esters is 1. The molecule has 0 aliphatic heterocycles. The molecule has 3 heterocycles. The van der Waals surface area contributed by atoms with Crippen molar-refractivity contribution in [3.05, 3.63) is 33.8 Å². The summed E-state index contributed by atoms with van der Waals surface area (Å²) < 4.78 is 11.0. The van der Waals surface area contributed by atoms with Crippen LogP contribution < -0.4 is 0 Å². The van der Waals surface area contributed by atoms with E-state index in [4.69, 9.17) is 9.26 Å². The zero-order valence-corrected chi connectivity index (χ0v) is 14.7. The van der Waals surface area contributed by atoms with Crippen molar-refractivity contribution in [2.24, 2.45) is 0 Å². The zero-order valence-electron chi connectivity index (χ0n) is 12.2. The topological polar surface area (TPSA) is 78.1 Å². The minimum absolute atomic E-state index is 0.202. The summed E-state index contributed by atoms with van der Waals surface area (Å²) >= 11 is 4.59. The fourth-order valence-corrected chi connectivity index (χ4v) is 4.06. The first-order valence-electron chi connectivity index (χ1n) is 6.82. The Morgan fingerprint density at radius 2 is 2.30 bits per heavy atom. The summed E-state index contributed by atoms with van der Waals surface area (Å²) in [5.74, 6) is 1.44. The molecule has 0 aliphatic rings. The van der Waals surface area contributed by atoms with Gasteiger partial charge in [0, 0.05) is 16.3 Å². The molecular weight excluding hydrogens is 354 g/mol. The molecule has 0 spiro atoms. The second-order valence-electron chi connectivity index (χ2n) is 4.40. The van der Waals surface area contributed by atoms with Crippen molar-refractivity contribution >= 4 is 40.4 Å². The number of nitrogens with zero attached hydrogens (tertiary/aromatic N) is 3. The van der Waals surface area contributed by atoms with E-state index in [1.165, 1.54) is 23.1 Å². The van der Waals surface area contributed by atoms with Crippen LogP contribution in [-0.2, 0) is 21.7 Å². The summed E-state index contributed by atoms with van der Waals surface area (Å²) in [7, 11) is 0. The lowest BCUT2D eigenvalue weighted by molar-refractivity contribution is -0.142. The maximum absolute atomic E-state index is 11.4. The molecule has 0 atom stereocenters. The molecule has 0 saturated carbocycles. The largest absolute Gasteiger partial charge is 0.466 e. The van der Waals surface area contributed by atoms with Crippen molar-refractivity contribution in [2.45, 2.75) is 23.4 Å². The van der Waals surface area contributed by atoms with Gasteiger partial charge in [-0.1, -0.05) is 16.9 Å². The highest BCUT2D eigenvalue weighted by Gasteiger charge is 2.12. The maximum atomic E-state index is 11.4. The molecule has 0 aliphatic carbocycles. The zero-order chi connectivity index (χ0) is 16.1. The predicted molar refractivity (Wildman–Crippen MR) is 89.6 cm³/mol. The van der Waals surface area contributed by atoms with Gasteiger partial charge in [0.1, 0.15) is 0 Å². The molecule has 23 heavy (non-hydrogen) atoms. The molecule has 0 aromatic carbocycles. The fourth-order valence-electron chi connectivity index (χ4n) is 1.74. The number of hydrogen-bond donors (Lipinski definition) is 0. The van der Waals surface area contributed by atoms with Crippen LogP contribution in [0.25, 0.3) is 11.4 Å². The Morgan fingerprint density at radius 1 is 1.39 bits per heavy atom. The molecule has 3 rings (SSSR count). The van der Waals surface area contributed by atoms with Crippen molar-refractivity contribution in [3.8, 4) is 11.4 Å². The van der Waals surface area contributed by atoms with Gasteiger partial charge in [-0.15, -0.1) is 11.3 Å². The van der Waals surface area contributed by atoms with Gasteiger partial charge in [0.15, 0.2) is 4.34 Å². The monoisotopic (exact) mass is 367 g/mol. The Labute approximate surface area is 144 Å². The lowest BCUT2D eigenvalue weighted by Gasteiger charge is -1.97.